The zero-order chi connectivity index (χ0) is 24.8. The van der Waals surface area contributed by atoms with E-state index in [1.54, 1.807) is 13.8 Å². The van der Waals surface area contributed by atoms with Crippen molar-refractivity contribution in [2.45, 2.75) is 26.7 Å². The summed E-state index contributed by atoms with van der Waals surface area (Å²) in [4.78, 5) is 46.6. The van der Waals surface area contributed by atoms with Crippen LogP contribution in [0.15, 0.2) is 48.5 Å². The molecule has 0 atom stereocenters. The molecule has 34 heavy (non-hydrogen) atoms. The lowest BCUT2D eigenvalue weighted by atomic mass is 10.2. The van der Waals surface area contributed by atoms with Crippen molar-refractivity contribution in [1.82, 2.24) is 0 Å². The predicted molar refractivity (Wildman–Crippen MR) is 118 cm³/mol. The highest BCUT2D eigenvalue weighted by Crippen LogP contribution is 2.15. The summed E-state index contributed by atoms with van der Waals surface area (Å²) in [5.74, 6) is -0.550. The monoisotopic (exact) mass is 474 g/mol. The Kier molecular flexibility index (Phi) is 10.9. The van der Waals surface area contributed by atoms with Crippen LogP contribution in [0.25, 0.3) is 0 Å². The highest BCUT2D eigenvalue weighted by Gasteiger charge is 2.11. The first-order chi connectivity index (χ1) is 16.4. The molecule has 0 spiro atoms. The quantitative estimate of drug-likeness (QED) is 0.198. The second-order valence-corrected chi connectivity index (χ2v) is 6.60. The number of esters is 2. The predicted octanol–water partition coefficient (Wildman–Crippen LogP) is 4.55. The molecule has 0 N–H and O–H groups in total. The van der Waals surface area contributed by atoms with Gasteiger partial charge in [-0.2, -0.15) is 0 Å². The Morgan fingerprint density at radius 2 is 0.912 bits per heavy atom. The van der Waals surface area contributed by atoms with Crippen LogP contribution in [0, 0.1) is 0 Å². The van der Waals surface area contributed by atoms with Crippen LogP contribution in [0.1, 0.15) is 47.4 Å². The smallest absolute Gasteiger partial charge is 0.462 e. The van der Waals surface area contributed by atoms with Gasteiger partial charge in [-0.25, -0.2) is 19.2 Å². The van der Waals surface area contributed by atoms with Gasteiger partial charge in [0.2, 0.25) is 0 Å². The molecular weight excluding hydrogens is 448 g/mol. The molecule has 2 rings (SSSR count). The lowest BCUT2D eigenvalue weighted by Crippen LogP contribution is -2.11. The van der Waals surface area contributed by atoms with E-state index in [0.29, 0.717) is 24.0 Å². The number of hydrogen-bond acceptors (Lipinski definition) is 10. The maximum absolute atomic E-state index is 12.1. The third-order valence-electron chi connectivity index (χ3n) is 4.11. The van der Waals surface area contributed by atoms with E-state index in [1.165, 1.54) is 48.5 Å². The summed E-state index contributed by atoms with van der Waals surface area (Å²) in [6, 6.07) is 11.7. The van der Waals surface area contributed by atoms with Crippen LogP contribution in [0.5, 0.6) is 11.5 Å². The van der Waals surface area contributed by atoms with Crippen LogP contribution in [-0.4, -0.2) is 50.7 Å². The number of hydrogen-bond donors (Lipinski definition) is 0. The van der Waals surface area contributed by atoms with Gasteiger partial charge in [0.25, 0.3) is 0 Å². The third kappa shape index (κ3) is 9.19. The molecule has 2 aromatic carbocycles. The molecule has 0 unspecified atom stereocenters. The Morgan fingerprint density at radius 1 is 0.559 bits per heavy atom. The van der Waals surface area contributed by atoms with Gasteiger partial charge in [0.1, 0.15) is 11.5 Å². The van der Waals surface area contributed by atoms with E-state index in [0.717, 1.165) is 0 Å². The van der Waals surface area contributed by atoms with Crippen LogP contribution in [0.2, 0.25) is 0 Å². The average Bonchev–Trinajstić information content (AvgIpc) is 2.82. The van der Waals surface area contributed by atoms with Gasteiger partial charge in [-0.3, -0.25) is 0 Å². The van der Waals surface area contributed by atoms with Crippen molar-refractivity contribution in [2.24, 2.45) is 0 Å². The molecule has 0 aromatic heterocycles. The van der Waals surface area contributed by atoms with E-state index >= 15 is 0 Å². The third-order valence-corrected chi connectivity index (χ3v) is 4.11. The molecule has 0 bridgehead atoms. The molecule has 0 saturated carbocycles. The molecule has 0 fully saturated rings. The maximum Gasteiger partial charge on any atom is 0.513 e. The van der Waals surface area contributed by atoms with E-state index in [4.69, 9.17) is 18.9 Å². The van der Waals surface area contributed by atoms with E-state index < -0.39 is 24.2 Å². The standard InChI is InChI=1S/C24H26O10/c1-3-29-23(27)33-19-11-7-17(8-12-19)21(25)31-15-5-6-16-32-22(26)18-9-13-20(14-10-18)34-24(28)30-4-2/h7-14H,3-6,15-16H2,1-2H3. The highest BCUT2D eigenvalue weighted by molar-refractivity contribution is 5.90. The van der Waals surface area contributed by atoms with Gasteiger partial charge >= 0.3 is 24.2 Å². The zero-order valence-corrected chi connectivity index (χ0v) is 18.9. The van der Waals surface area contributed by atoms with Gasteiger partial charge in [-0.15, -0.1) is 0 Å². The fourth-order valence-corrected chi connectivity index (χ4v) is 2.51. The summed E-state index contributed by atoms with van der Waals surface area (Å²) in [5, 5.41) is 0. The van der Waals surface area contributed by atoms with Gasteiger partial charge in [0, 0.05) is 0 Å². The molecule has 0 aliphatic heterocycles. The van der Waals surface area contributed by atoms with Gasteiger partial charge < -0.3 is 28.4 Å². The molecular formula is C24H26O10. The Balaban J connectivity index is 1.63. The normalized spacial score (nSPS) is 10.1. The molecule has 0 heterocycles. The molecule has 10 heteroatoms. The lowest BCUT2D eigenvalue weighted by molar-refractivity contribution is 0.0432. The molecule has 0 radical (unpaired) electrons. The molecule has 2 aromatic rings. The minimum atomic E-state index is -0.821. The van der Waals surface area contributed by atoms with Crippen LogP contribution in [0.4, 0.5) is 9.59 Å². The largest absolute Gasteiger partial charge is 0.513 e. The number of rotatable bonds is 11. The van der Waals surface area contributed by atoms with Crippen molar-refractivity contribution in [3.63, 3.8) is 0 Å². The minimum Gasteiger partial charge on any atom is -0.462 e. The Hall–Kier alpha value is -4.08. The summed E-state index contributed by atoms with van der Waals surface area (Å²) in [6.45, 7) is 4.02. The Bertz CT molecular complexity index is 871. The van der Waals surface area contributed by atoms with Gasteiger partial charge in [-0.05, 0) is 75.2 Å². The number of carbonyl (C=O) groups is 4. The number of ether oxygens (including phenoxy) is 6. The topological polar surface area (TPSA) is 124 Å². The van der Waals surface area contributed by atoms with Crippen molar-refractivity contribution < 1.29 is 47.6 Å². The van der Waals surface area contributed by atoms with Gasteiger partial charge in [0.05, 0.1) is 37.6 Å². The number of benzene rings is 2. The first-order valence-corrected chi connectivity index (χ1v) is 10.7. The van der Waals surface area contributed by atoms with E-state index in [9.17, 15) is 19.2 Å². The van der Waals surface area contributed by atoms with E-state index in [1.807, 2.05) is 0 Å². The zero-order valence-electron chi connectivity index (χ0n) is 18.9. The van der Waals surface area contributed by atoms with Crippen molar-refractivity contribution in [1.29, 1.82) is 0 Å². The van der Waals surface area contributed by atoms with Crippen LogP contribution in [-0.2, 0) is 18.9 Å². The minimum absolute atomic E-state index is 0.150. The summed E-state index contributed by atoms with van der Waals surface area (Å²) >= 11 is 0. The molecule has 182 valence electrons. The highest BCUT2D eigenvalue weighted by atomic mass is 16.7. The fourth-order valence-electron chi connectivity index (χ4n) is 2.51. The molecule has 0 aliphatic carbocycles. The van der Waals surface area contributed by atoms with Crippen LogP contribution >= 0.6 is 0 Å². The van der Waals surface area contributed by atoms with Crippen LogP contribution < -0.4 is 9.47 Å². The van der Waals surface area contributed by atoms with Crippen molar-refractivity contribution >= 4 is 24.2 Å². The maximum atomic E-state index is 12.1. The summed E-state index contributed by atoms with van der Waals surface area (Å²) < 4.78 is 29.5. The number of unbranched alkanes of at least 4 members (excludes halogenated alkanes) is 1. The Morgan fingerprint density at radius 3 is 1.24 bits per heavy atom. The molecule has 0 saturated heterocycles. The first kappa shape index (κ1) is 26.2. The molecule has 0 aliphatic rings. The van der Waals surface area contributed by atoms with Gasteiger partial charge in [0.15, 0.2) is 0 Å². The molecule has 0 amide bonds. The Labute approximate surface area is 196 Å². The van der Waals surface area contributed by atoms with E-state index in [2.05, 4.69) is 9.47 Å². The van der Waals surface area contributed by atoms with Crippen LogP contribution in [0.3, 0.4) is 0 Å². The summed E-state index contributed by atoms with van der Waals surface area (Å²) in [7, 11) is 0. The summed E-state index contributed by atoms with van der Waals surface area (Å²) in [5.41, 5.74) is 0.607. The first-order valence-electron chi connectivity index (χ1n) is 10.7. The van der Waals surface area contributed by atoms with Crippen molar-refractivity contribution in [3.8, 4) is 11.5 Å². The second kappa shape index (κ2) is 14.1. The fraction of sp³-hybridized carbons (Fsp3) is 0.333. The van der Waals surface area contributed by atoms with Gasteiger partial charge in [-0.1, -0.05) is 0 Å². The SMILES string of the molecule is CCOC(=O)Oc1ccc(C(=O)OCCCCOC(=O)c2ccc(OC(=O)OCC)cc2)cc1. The van der Waals surface area contributed by atoms with Crippen molar-refractivity contribution in [3.05, 3.63) is 59.7 Å². The summed E-state index contributed by atoms with van der Waals surface area (Å²) in [6.07, 6.45) is -0.651. The average molecular weight is 474 g/mol. The molecule has 10 nitrogen and oxygen atoms in total. The second-order valence-electron chi connectivity index (χ2n) is 6.60. The lowest BCUT2D eigenvalue weighted by Gasteiger charge is -2.08. The van der Waals surface area contributed by atoms with Crippen molar-refractivity contribution in [2.75, 3.05) is 26.4 Å². The van der Waals surface area contributed by atoms with E-state index in [-0.39, 0.29) is 37.9 Å². The number of carbonyl (C=O) groups excluding carboxylic acids is 4.